The molecule has 25 heavy (non-hydrogen) atoms. The van der Waals surface area contributed by atoms with Crippen molar-refractivity contribution in [2.75, 3.05) is 19.0 Å². The van der Waals surface area contributed by atoms with Gasteiger partial charge >= 0.3 is 6.18 Å². The van der Waals surface area contributed by atoms with Crippen molar-refractivity contribution in [2.24, 2.45) is 0 Å². The minimum absolute atomic E-state index is 0.155. The number of aromatic nitrogens is 2. The second kappa shape index (κ2) is 7.82. The summed E-state index contributed by atoms with van der Waals surface area (Å²) < 4.78 is 41.2. The summed E-state index contributed by atoms with van der Waals surface area (Å²) in [6, 6.07) is 5.66. The third kappa shape index (κ3) is 5.63. The van der Waals surface area contributed by atoms with Crippen LogP contribution in [0.1, 0.15) is 28.9 Å². The van der Waals surface area contributed by atoms with Gasteiger partial charge < -0.3 is 15.4 Å². The molecule has 0 spiro atoms. The number of hydrogen-bond acceptors (Lipinski definition) is 5. The molecule has 0 aliphatic carbocycles. The Hall–Kier alpha value is -2.84. The third-order valence-electron chi connectivity index (χ3n) is 3.27. The second-order valence-corrected chi connectivity index (χ2v) is 5.21. The Kier molecular flexibility index (Phi) is 5.79. The summed E-state index contributed by atoms with van der Waals surface area (Å²) in [5, 5.41) is 5.60. The van der Waals surface area contributed by atoms with E-state index in [2.05, 4.69) is 25.3 Å². The first-order valence-electron chi connectivity index (χ1n) is 7.38. The molecule has 2 aromatic heterocycles. The largest absolute Gasteiger partial charge is 0.468 e. The van der Waals surface area contributed by atoms with E-state index in [0.29, 0.717) is 16.9 Å². The van der Waals surface area contributed by atoms with Gasteiger partial charge in [-0.25, -0.2) is 9.97 Å². The Morgan fingerprint density at radius 1 is 1.24 bits per heavy atom. The van der Waals surface area contributed by atoms with Crippen molar-refractivity contribution in [3.8, 4) is 5.88 Å². The number of nitrogens with zero attached hydrogens (tertiary/aromatic N) is 2. The molecule has 0 aliphatic rings. The number of ether oxygens (including phenoxy) is 1. The molecule has 0 aromatic carbocycles. The molecule has 1 unspecified atom stereocenters. The maximum Gasteiger partial charge on any atom is 0.422 e. The third-order valence-corrected chi connectivity index (χ3v) is 3.27. The molecule has 134 valence electrons. The molecule has 0 saturated carbocycles. The van der Waals surface area contributed by atoms with Gasteiger partial charge in [0.15, 0.2) is 6.61 Å². The molecule has 2 heterocycles. The molecule has 1 atom stereocenters. The fraction of sp³-hybridized carbons (Fsp3) is 0.312. The van der Waals surface area contributed by atoms with Crippen LogP contribution in [0.2, 0.25) is 0 Å². The number of carbonyl (C=O) groups excluding carboxylic acids is 1. The first-order valence-corrected chi connectivity index (χ1v) is 7.38. The van der Waals surface area contributed by atoms with E-state index in [1.807, 2.05) is 0 Å². The SMILES string of the molecule is CNc1cc(C(=O)NC(C)c2ccnc(OCC(F)(F)F)c2)ccn1. The number of anilines is 1. The summed E-state index contributed by atoms with van der Waals surface area (Å²) >= 11 is 0. The van der Waals surface area contributed by atoms with Gasteiger partial charge in [0.25, 0.3) is 5.91 Å². The van der Waals surface area contributed by atoms with Gasteiger partial charge in [-0.15, -0.1) is 0 Å². The number of carbonyl (C=O) groups is 1. The normalized spacial score (nSPS) is 12.4. The van der Waals surface area contributed by atoms with Crippen molar-refractivity contribution in [2.45, 2.75) is 19.1 Å². The molecule has 1 amide bonds. The maximum atomic E-state index is 12.3. The van der Waals surface area contributed by atoms with Crippen LogP contribution in [0.15, 0.2) is 36.7 Å². The van der Waals surface area contributed by atoms with Crippen LogP contribution in [-0.2, 0) is 0 Å². The Balaban J connectivity index is 2.04. The van der Waals surface area contributed by atoms with E-state index in [1.54, 1.807) is 32.2 Å². The number of pyridine rings is 2. The summed E-state index contributed by atoms with van der Waals surface area (Å²) in [6.07, 6.45) is -1.61. The van der Waals surface area contributed by atoms with Crippen LogP contribution in [0.3, 0.4) is 0 Å². The lowest BCUT2D eigenvalue weighted by Gasteiger charge is -2.16. The quantitative estimate of drug-likeness (QED) is 0.834. The maximum absolute atomic E-state index is 12.3. The van der Waals surface area contributed by atoms with Crippen LogP contribution in [0.4, 0.5) is 19.0 Å². The van der Waals surface area contributed by atoms with Crippen LogP contribution >= 0.6 is 0 Å². The lowest BCUT2D eigenvalue weighted by Crippen LogP contribution is -2.27. The topological polar surface area (TPSA) is 76.1 Å². The molecule has 2 aromatic rings. The first kappa shape index (κ1) is 18.5. The van der Waals surface area contributed by atoms with Gasteiger partial charge in [0, 0.05) is 31.1 Å². The monoisotopic (exact) mass is 354 g/mol. The summed E-state index contributed by atoms with van der Waals surface area (Å²) in [7, 11) is 1.69. The Bertz CT molecular complexity index is 737. The van der Waals surface area contributed by atoms with Gasteiger partial charge in [-0.1, -0.05) is 0 Å². The van der Waals surface area contributed by atoms with Crippen LogP contribution in [0.25, 0.3) is 0 Å². The molecule has 6 nitrogen and oxygen atoms in total. The van der Waals surface area contributed by atoms with E-state index in [-0.39, 0.29) is 11.8 Å². The summed E-state index contributed by atoms with van der Waals surface area (Å²) in [5.41, 5.74) is 0.984. The van der Waals surface area contributed by atoms with Gasteiger partial charge in [-0.2, -0.15) is 13.2 Å². The lowest BCUT2D eigenvalue weighted by molar-refractivity contribution is -0.154. The summed E-state index contributed by atoms with van der Waals surface area (Å²) in [5.74, 6) is 0.0605. The highest BCUT2D eigenvalue weighted by atomic mass is 19.4. The minimum Gasteiger partial charge on any atom is -0.468 e. The highest BCUT2D eigenvalue weighted by molar-refractivity contribution is 5.95. The molecule has 0 radical (unpaired) electrons. The van der Waals surface area contributed by atoms with Gasteiger partial charge in [0.1, 0.15) is 5.82 Å². The number of hydrogen-bond donors (Lipinski definition) is 2. The predicted molar refractivity (Wildman–Crippen MR) is 85.5 cm³/mol. The molecule has 2 rings (SSSR count). The average Bonchev–Trinajstić information content (AvgIpc) is 2.59. The minimum atomic E-state index is -4.44. The molecule has 0 saturated heterocycles. The number of amides is 1. The highest BCUT2D eigenvalue weighted by Gasteiger charge is 2.28. The molecular formula is C16H17F3N4O2. The smallest absolute Gasteiger partial charge is 0.422 e. The average molecular weight is 354 g/mol. The van der Waals surface area contributed by atoms with Gasteiger partial charge in [-0.3, -0.25) is 4.79 Å². The number of rotatable bonds is 6. The van der Waals surface area contributed by atoms with Crippen molar-refractivity contribution < 1.29 is 22.7 Å². The predicted octanol–water partition coefficient (Wildman–Crippen LogP) is 2.95. The fourth-order valence-corrected chi connectivity index (χ4v) is 2.00. The highest BCUT2D eigenvalue weighted by Crippen LogP contribution is 2.20. The molecule has 9 heteroatoms. The molecule has 0 bridgehead atoms. The van der Waals surface area contributed by atoms with Gasteiger partial charge in [-0.05, 0) is 30.7 Å². The number of halogens is 3. The first-order chi connectivity index (χ1) is 11.8. The molecule has 0 aliphatic heterocycles. The fourth-order valence-electron chi connectivity index (χ4n) is 2.00. The standard InChI is InChI=1S/C16H17F3N4O2/c1-10(23-15(24)12-4-5-21-13(7-12)20-2)11-3-6-22-14(8-11)25-9-16(17,18)19/h3-8,10H,9H2,1-2H3,(H,20,21)(H,23,24). The van der Waals surface area contributed by atoms with E-state index in [4.69, 9.17) is 0 Å². The Morgan fingerprint density at radius 2 is 1.96 bits per heavy atom. The van der Waals surface area contributed by atoms with Gasteiger partial charge in [0.05, 0.1) is 6.04 Å². The Labute approximate surface area is 142 Å². The number of alkyl halides is 3. The van der Waals surface area contributed by atoms with E-state index < -0.39 is 18.8 Å². The zero-order valence-corrected chi connectivity index (χ0v) is 13.6. The van der Waals surface area contributed by atoms with Crippen LogP contribution in [0.5, 0.6) is 5.88 Å². The van der Waals surface area contributed by atoms with E-state index in [0.717, 1.165) is 0 Å². The zero-order chi connectivity index (χ0) is 18.4. The molecule has 2 N–H and O–H groups in total. The van der Waals surface area contributed by atoms with Crippen molar-refractivity contribution in [1.82, 2.24) is 15.3 Å². The van der Waals surface area contributed by atoms with E-state index in [9.17, 15) is 18.0 Å². The van der Waals surface area contributed by atoms with Crippen molar-refractivity contribution in [1.29, 1.82) is 0 Å². The van der Waals surface area contributed by atoms with Crippen LogP contribution < -0.4 is 15.4 Å². The van der Waals surface area contributed by atoms with Crippen molar-refractivity contribution >= 4 is 11.7 Å². The van der Waals surface area contributed by atoms with Crippen LogP contribution in [0, 0.1) is 0 Å². The summed E-state index contributed by atoms with van der Waals surface area (Å²) in [6.45, 7) is 0.287. The van der Waals surface area contributed by atoms with Crippen LogP contribution in [-0.4, -0.2) is 35.7 Å². The molecular weight excluding hydrogens is 337 g/mol. The number of nitrogens with one attached hydrogen (secondary N) is 2. The van der Waals surface area contributed by atoms with E-state index in [1.165, 1.54) is 18.5 Å². The second-order valence-electron chi connectivity index (χ2n) is 5.21. The molecule has 0 fully saturated rings. The Morgan fingerprint density at radius 3 is 2.64 bits per heavy atom. The summed E-state index contributed by atoms with van der Waals surface area (Å²) in [4.78, 5) is 20.0. The van der Waals surface area contributed by atoms with Crippen molar-refractivity contribution in [3.05, 3.63) is 47.8 Å². The van der Waals surface area contributed by atoms with Crippen molar-refractivity contribution in [3.63, 3.8) is 0 Å². The lowest BCUT2D eigenvalue weighted by atomic mass is 10.1. The zero-order valence-electron chi connectivity index (χ0n) is 13.6. The van der Waals surface area contributed by atoms with Gasteiger partial charge in [0.2, 0.25) is 5.88 Å². The van der Waals surface area contributed by atoms with E-state index >= 15 is 0 Å².